The van der Waals surface area contributed by atoms with Crippen molar-refractivity contribution < 1.29 is 0 Å². The van der Waals surface area contributed by atoms with Crippen molar-refractivity contribution in [3.8, 4) is 11.4 Å². The minimum Gasteiger partial charge on any atom is -0.236 e. The molecule has 0 aliphatic heterocycles. The minimum atomic E-state index is 0.829. The molecule has 2 rings (SSSR count). The van der Waals surface area contributed by atoms with Crippen LogP contribution >= 0.6 is 11.8 Å². The summed E-state index contributed by atoms with van der Waals surface area (Å²) in [5.74, 6) is 2.05. The number of hydrogen-bond donors (Lipinski definition) is 0. The van der Waals surface area contributed by atoms with E-state index < -0.39 is 0 Å². The first-order valence-corrected chi connectivity index (χ1v) is 11.9. The second kappa shape index (κ2) is 13.8. The van der Waals surface area contributed by atoms with Crippen molar-refractivity contribution in [3.05, 3.63) is 42.2 Å². The van der Waals surface area contributed by atoms with E-state index in [1.807, 2.05) is 24.2 Å². The molecule has 0 atom stereocenters. The molecule has 1 heterocycles. The van der Waals surface area contributed by atoms with Gasteiger partial charge >= 0.3 is 0 Å². The zero-order valence-electron chi connectivity index (χ0n) is 17.3. The lowest BCUT2D eigenvalue weighted by Gasteiger charge is -2.05. The van der Waals surface area contributed by atoms with Crippen molar-refractivity contribution in [3.63, 3.8) is 0 Å². The van der Waals surface area contributed by atoms with Crippen LogP contribution < -0.4 is 0 Å². The molecule has 1 aromatic carbocycles. The average molecular weight is 385 g/mol. The normalized spacial score (nSPS) is 11.0. The predicted molar refractivity (Wildman–Crippen MR) is 119 cm³/mol. The summed E-state index contributed by atoms with van der Waals surface area (Å²) < 4.78 is 0. The third-order valence-electron chi connectivity index (χ3n) is 4.90. The van der Waals surface area contributed by atoms with Crippen LogP contribution in [0.4, 0.5) is 0 Å². The molecule has 0 spiro atoms. The Morgan fingerprint density at radius 1 is 0.704 bits per heavy atom. The molecule has 0 amide bonds. The molecule has 2 nitrogen and oxygen atoms in total. The highest BCUT2D eigenvalue weighted by Crippen LogP contribution is 2.23. The van der Waals surface area contributed by atoms with Crippen molar-refractivity contribution >= 4 is 11.8 Å². The molecule has 0 aliphatic carbocycles. The van der Waals surface area contributed by atoms with Crippen LogP contribution in [0.15, 0.2) is 41.6 Å². The van der Waals surface area contributed by atoms with Crippen LogP contribution in [0.1, 0.15) is 83.6 Å². The largest absolute Gasteiger partial charge is 0.236 e. The van der Waals surface area contributed by atoms with Crippen LogP contribution in [0, 0.1) is 0 Å². The summed E-state index contributed by atoms with van der Waals surface area (Å²) in [5, 5.41) is 0. The number of benzene rings is 1. The molecule has 0 bridgehead atoms. The molecule has 2 aromatic rings. The van der Waals surface area contributed by atoms with E-state index in [4.69, 9.17) is 0 Å². The third kappa shape index (κ3) is 8.92. The van der Waals surface area contributed by atoms with Gasteiger partial charge in [0.15, 0.2) is 5.82 Å². The van der Waals surface area contributed by atoms with Gasteiger partial charge in [0.05, 0.1) is 0 Å². The summed E-state index contributed by atoms with van der Waals surface area (Å²) in [6.07, 6.45) is 18.5. The molecule has 148 valence electrons. The van der Waals surface area contributed by atoms with Crippen LogP contribution in [-0.4, -0.2) is 15.7 Å². The molecule has 0 unspecified atom stereocenters. The number of rotatable bonds is 14. The number of nitrogens with zero attached hydrogens (tertiary/aromatic N) is 2. The summed E-state index contributed by atoms with van der Waals surface area (Å²) in [6, 6.07) is 8.71. The van der Waals surface area contributed by atoms with Crippen LogP contribution in [0.3, 0.4) is 0 Å². The van der Waals surface area contributed by atoms with E-state index in [0.717, 1.165) is 17.8 Å². The molecule has 0 saturated heterocycles. The SMILES string of the molecule is CCCCCCCCCCSc1ccc(-c2ncc(CCCC)cn2)cc1. The van der Waals surface area contributed by atoms with E-state index in [1.165, 1.54) is 80.4 Å². The fourth-order valence-electron chi connectivity index (χ4n) is 3.14. The summed E-state index contributed by atoms with van der Waals surface area (Å²) >= 11 is 1.97. The molecule has 3 heteroatoms. The van der Waals surface area contributed by atoms with Crippen molar-refractivity contribution in [2.75, 3.05) is 5.75 Å². The highest BCUT2D eigenvalue weighted by molar-refractivity contribution is 7.99. The van der Waals surface area contributed by atoms with Crippen molar-refractivity contribution in [2.45, 2.75) is 89.4 Å². The average Bonchev–Trinajstić information content (AvgIpc) is 2.72. The van der Waals surface area contributed by atoms with Gasteiger partial charge in [-0.1, -0.05) is 77.3 Å². The molecule has 0 radical (unpaired) electrons. The van der Waals surface area contributed by atoms with E-state index >= 15 is 0 Å². The van der Waals surface area contributed by atoms with Gasteiger partial charge in [0.2, 0.25) is 0 Å². The van der Waals surface area contributed by atoms with Crippen LogP contribution in [0.25, 0.3) is 11.4 Å². The van der Waals surface area contributed by atoms with Crippen LogP contribution in [-0.2, 0) is 6.42 Å². The molecule has 0 fully saturated rings. The maximum atomic E-state index is 4.54. The fourth-order valence-corrected chi connectivity index (χ4v) is 4.05. The number of hydrogen-bond acceptors (Lipinski definition) is 3. The highest BCUT2D eigenvalue weighted by atomic mass is 32.2. The van der Waals surface area contributed by atoms with E-state index in [1.54, 1.807) is 0 Å². The Labute approximate surface area is 170 Å². The lowest BCUT2D eigenvalue weighted by Crippen LogP contribution is -1.92. The zero-order valence-corrected chi connectivity index (χ0v) is 18.1. The van der Waals surface area contributed by atoms with Gasteiger partial charge in [-0.15, -0.1) is 11.8 Å². The number of aryl methyl sites for hydroxylation is 1. The highest BCUT2D eigenvalue weighted by Gasteiger charge is 2.03. The van der Waals surface area contributed by atoms with Gasteiger partial charge in [0.1, 0.15) is 0 Å². The standard InChI is InChI=1S/C24H36N2S/c1-3-5-7-8-9-10-11-12-18-27-23-16-14-22(15-17-23)24-25-19-21(20-26-24)13-6-4-2/h14-17,19-20H,3-13,18H2,1-2H3. The zero-order chi connectivity index (χ0) is 19.2. The van der Waals surface area contributed by atoms with Gasteiger partial charge in [0, 0.05) is 22.9 Å². The minimum absolute atomic E-state index is 0.829. The number of aromatic nitrogens is 2. The summed E-state index contributed by atoms with van der Waals surface area (Å²) in [4.78, 5) is 10.4. The van der Waals surface area contributed by atoms with Crippen LogP contribution in [0.5, 0.6) is 0 Å². The third-order valence-corrected chi connectivity index (χ3v) is 6.00. The van der Waals surface area contributed by atoms with Gasteiger partial charge < -0.3 is 0 Å². The van der Waals surface area contributed by atoms with Gasteiger partial charge in [0.25, 0.3) is 0 Å². The Balaban J connectivity index is 1.66. The second-order valence-electron chi connectivity index (χ2n) is 7.37. The Hall–Kier alpha value is -1.35. The Bertz CT molecular complexity index is 607. The predicted octanol–water partition coefficient (Wildman–Crippen LogP) is 7.72. The Morgan fingerprint density at radius 3 is 1.93 bits per heavy atom. The van der Waals surface area contributed by atoms with Crippen LogP contribution in [0.2, 0.25) is 0 Å². The molecule has 1 aromatic heterocycles. The van der Waals surface area contributed by atoms with Gasteiger partial charge in [-0.25, -0.2) is 9.97 Å². The Morgan fingerprint density at radius 2 is 1.30 bits per heavy atom. The maximum Gasteiger partial charge on any atom is 0.159 e. The molecule has 0 aliphatic rings. The van der Waals surface area contributed by atoms with Crippen molar-refractivity contribution in [1.82, 2.24) is 9.97 Å². The molecular weight excluding hydrogens is 348 g/mol. The first-order chi connectivity index (χ1) is 13.3. The number of thioether (sulfide) groups is 1. The summed E-state index contributed by atoms with van der Waals surface area (Å²) in [5.41, 5.74) is 2.34. The topological polar surface area (TPSA) is 25.8 Å². The van der Waals surface area contributed by atoms with Gasteiger partial charge in [-0.05, 0) is 42.7 Å². The van der Waals surface area contributed by atoms with E-state index in [0.29, 0.717) is 0 Å². The van der Waals surface area contributed by atoms with E-state index in [-0.39, 0.29) is 0 Å². The lowest BCUT2D eigenvalue weighted by molar-refractivity contribution is 0.586. The molecule has 0 saturated carbocycles. The first-order valence-electron chi connectivity index (χ1n) is 10.9. The molecule has 27 heavy (non-hydrogen) atoms. The quantitative estimate of drug-likeness (QED) is 0.246. The monoisotopic (exact) mass is 384 g/mol. The maximum absolute atomic E-state index is 4.54. The fraction of sp³-hybridized carbons (Fsp3) is 0.583. The molecular formula is C24H36N2S. The smallest absolute Gasteiger partial charge is 0.159 e. The second-order valence-corrected chi connectivity index (χ2v) is 8.53. The summed E-state index contributed by atoms with van der Waals surface area (Å²) in [7, 11) is 0. The Kier molecular flexibility index (Phi) is 11.2. The van der Waals surface area contributed by atoms with Gasteiger partial charge in [-0.2, -0.15) is 0 Å². The van der Waals surface area contributed by atoms with E-state index in [9.17, 15) is 0 Å². The van der Waals surface area contributed by atoms with Crippen molar-refractivity contribution in [1.29, 1.82) is 0 Å². The first kappa shape index (κ1) is 21.9. The van der Waals surface area contributed by atoms with Gasteiger partial charge in [-0.3, -0.25) is 0 Å². The molecule has 0 N–H and O–H groups in total. The summed E-state index contributed by atoms with van der Waals surface area (Å²) in [6.45, 7) is 4.49. The van der Waals surface area contributed by atoms with E-state index in [2.05, 4.69) is 48.1 Å². The lowest BCUT2D eigenvalue weighted by atomic mass is 10.1. The van der Waals surface area contributed by atoms with Crippen molar-refractivity contribution in [2.24, 2.45) is 0 Å². The number of unbranched alkanes of at least 4 members (excludes halogenated alkanes) is 8.